The number of benzene rings is 6. The van der Waals surface area contributed by atoms with Crippen molar-refractivity contribution in [3.05, 3.63) is 168 Å². The minimum atomic E-state index is 0.699. The minimum Gasteiger partial charge on any atom is -0.255 e. The molecule has 0 fully saturated rings. The van der Waals surface area contributed by atoms with E-state index < -0.39 is 0 Å². The van der Waals surface area contributed by atoms with Gasteiger partial charge in [-0.1, -0.05) is 121 Å². The van der Waals surface area contributed by atoms with Crippen molar-refractivity contribution < 1.29 is 0 Å². The van der Waals surface area contributed by atoms with Crippen molar-refractivity contribution >= 4 is 33.3 Å². The third-order valence-corrected chi connectivity index (χ3v) is 9.69. The van der Waals surface area contributed by atoms with Crippen LogP contribution in [0, 0.1) is 0 Å². The summed E-state index contributed by atoms with van der Waals surface area (Å²) in [6, 6.07) is 49.4. The molecule has 2 nitrogen and oxygen atoms in total. The van der Waals surface area contributed by atoms with Crippen molar-refractivity contribution in [1.82, 2.24) is 9.97 Å². The van der Waals surface area contributed by atoms with Crippen LogP contribution in [-0.4, -0.2) is 9.97 Å². The summed E-state index contributed by atoms with van der Waals surface area (Å²) in [5.41, 5.74) is 14.9. The summed E-state index contributed by atoms with van der Waals surface area (Å²) >= 11 is 6.90. The Balaban J connectivity index is 1.13. The second kappa shape index (κ2) is 11.3. The van der Waals surface area contributed by atoms with Gasteiger partial charge in [0.15, 0.2) is 0 Å². The topological polar surface area (TPSA) is 25.8 Å². The molecule has 3 heteroatoms. The summed E-state index contributed by atoms with van der Waals surface area (Å²) < 4.78 is 0. The highest BCUT2D eigenvalue weighted by molar-refractivity contribution is 6.31. The van der Waals surface area contributed by atoms with Crippen molar-refractivity contribution in [1.29, 1.82) is 0 Å². The van der Waals surface area contributed by atoms with Gasteiger partial charge in [0.25, 0.3) is 0 Å². The lowest BCUT2D eigenvalue weighted by Crippen LogP contribution is -2.05. The van der Waals surface area contributed by atoms with Crippen LogP contribution in [0.4, 0.5) is 0 Å². The number of nitrogens with zero attached hydrogens (tertiary/aromatic N) is 2. The molecule has 2 heterocycles. The molecule has 0 N–H and O–H groups in total. The maximum absolute atomic E-state index is 6.90. The Bertz CT molecular complexity index is 2500. The number of hydrogen-bond acceptors (Lipinski definition) is 2. The standard InChI is InChI=1S/C44H29ClN2/c45-36-24-32(37-11-5-7-13-39(37)34-21-30-19-17-28-9-1-3-15-41(28)43(30)46-26-34)23-33(25-36)38-12-6-8-14-40(38)35-22-31-20-18-29-10-2-4-16-42(29)44(31)47-27-35/h1-17,19,21-27H,18,20H2. The molecule has 0 unspecified atom stereocenters. The molecule has 222 valence electrons. The minimum absolute atomic E-state index is 0.699. The van der Waals surface area contributed by atoms with Gasteiger partial charge in [-0.25, -0.2) is 0 Å². The van der Waals surface area contributed by atoms with Gasteiger partial charge < -0.3 is 0 Å². The third kappa shape index (κ3) is 4.90. The fourth-order valence-electron chi connectivity index (χ4n) is 7.22. The summed E-state index contributed by atoms with van der Waals surface area (Å²) in [5, 5.41) is 4.19. The first kappa shape index (κ1) is 27.7. The van der Waals surface area contributed by atoms with E-state index in [1.807, 2.05) is 12.4 Å². The molecular formula is C44H29ClN2. The van der Waals surface area contributed by atoms with Gasteiger partial charge >= 0.3 is 0 Å². The molecular weight excluding hydrogens is 592 g/mol. The summed E-state index contributed by atoms with van der Waals surface area (Å²) in [7, 11) is 0. The van der Waals surface area contributed by atoms with E-state index in [4.69, 9.17) is 21.6 Å². The highest BCUT2D eigenvalue weighted by Crippen LogP contribution is 2.41. The number of fused-ring (bicyclic) bond motifs is 6. The van der Waals surface area contributed by atoms with E-state index in [-0.39, 0.29) is 0 Å². The van der Waals surface area contributed by atoms with Crippen LogP contribution in [0.15, 0.2) is 152 Å². The number of pyridine rings is 2. The molecule has 0 atom stereocenters. The number of hydrogen-bond donors (Lipinski definition) is 0. The zero-order valence-electron chi connectivity index (χ0n) is 25.6. The van der Waals surface area contributed by atoms with E-state index in [1.54, 1.807) is 0 Å². The fraction of sp³-hybridized carbons (Fsp3) is 0.0455. The molecule has 1 aliphatic carbocycles. The second-order valence-electron chi connectivity index (χ2n) is 12.3. The van der Waals surface area contributed by atoms with Crippen molar-refractivity contribution in [2.75, 3.05) is 0 Å². The van der Waals surface area contributed by atoms with Crippen LogP contribution < -0.4 is 0 Å². The number of aryl methyl sites for hydroxylation is 2. The largest absolute Gasteiger partial charge is 0.255 e. The molecule has 0 spiro atoms. The van der Waals surface area contributed by atoms with Gasteiger partial charge in [-0.3, -0.25) is 9.97 Å². The van der Waals surface area contributed by atoms with Crippen molar-refractivity contribution in [2.45, 2.75) is 12.8 Å². The van der Waals surface area contributed by atoms with Crippen LogP contribution in [0.25, 0.3) is 77.4 Å². The molecule has 0 aliphatic heterocycles. The lowest BCUT2D eigenvalue weighted by atomic mass is 9.87. The molecule has 2 aromatic heterocycles. The van der Waals surface area contributed by atoms with Gasteiger partial charge in [0.05, 0.1) is 11.2 Å². The van der Waals surface area contributed by atoms with Crippen molar-refractivity contribution in [3.63, 3.8) is 0 Å². The zero-order chi connectivity index (χ0) is 31.3. The van der Waals surface area contributed by atoms with Crippen LogP contribution in [0.2, 0.25) is 5.02 Å². The first-order chi connectivity index (χ1) is 23.2. The van der Waals surface area contributed by atoms with Gasteiger partial charge in [0, 0.05) is 44.9 Å². The maximum atomic E-state index is 6.90. The Kier molecular flexibility index (Phi) is 6.69. The van der Waals surface area contributed by atoms with Crippen LogP contribution in [-0.2, 0) is 12.8 Å². The summed E-state index contributed by atoms with van der Waals surface area (Å²) in [4.78, 5) is 9.97. The fourth-order valence-corrected chi connectivity index (χ4v) is 7.46. The molecule has 0 amide bonds. The maximum Gasteiger partial charge on any atom is 0.0780 e. The zero-order valence-corrected chi connectivity index (χ0v) is 26.4. The predicted octanol–water partition coefficient (Wildman–Crippen LogP) is 11.9. The van der Waals surface area contributed by atoms with E-state index in [0.29, 0.717) is 5.02 Å². The molecule has 6 aromatic carbocycles. The Morgan fingerprint density at radius 1 is 0.426 bits per heavy atom. The van der Waals surface area contributed by atoms with Gasteiger partial charge in [0.2, 0.25) is 0 Å². The quantitative estimate of drug-likeness (QED) is 0.183. The molecule has 47 heavy (non-hydrogen) atoms. The first-order valence-corrected chi connectivity index (χ1v) is 16.4. The molecule has 0 saturated carbocycles. The predicted molar refractivity (Wildman–Crippen MR) is 197 cm³/mol. The Morgan fingerprint density at radius 2 is 0.979 bits per heavy atom. The normalized spacial score (nSPS) is 12.2. The molecule has 0 bridgehead atoms. The highest BCUT2D eigenvalue weighted by atomic mass is 35.5. The summed E-state index contributed by atoms with van der Waals surface area (Å²) in [5.74, 6) is 0. The van der Waals surface area contributed by atoms with Gasteiger partial charge in [0.1, 0.15) is 0 Å². The number of aromatic nitrogens is 2. The van der Waals surface area contributed by atoms with Gasteiger partial charge in [-0.2, -0.15) is 0 Å². The van der Waals surface area contributed by atoms with Crippen LogP contribution in [0.3, 0.4) is 0 Å². The Morgan fingerprint density at radius 3 is 1.72 bits per heavy atom. The van der Waals surface area contributed by atoms with Crippen LogP contribution in [0.5, 0.6) is 0 Å². The van der Waals surface area contributed by atoms with Gasteiger partial charge in [-0.15, -0.1) is 0 Å². The average Bonchev–Trinajstić information content (AvgIpc) is 3.14. The summed E-state index contributed by atoms with van der Waals surface area (Å²) in [6.45, 7) is 0. The first-order valence-electron chi connectivity index (χ1n) is 16.0. The Labute approximate surface area is 279 Å². The smallest absolute Gasteiger partial charge is 0.0780 e. The monoisotopic (exact) mass is 620 g/mol. The molecule has 8 aromatic rings. The Hall–Kier alpha value is -5.57. The van der Waals surface area contributed by atoms with E-state index in [1.165, 1.54) is 27.5 Å². The highest BCUT2D eigenvalue weighted by Gasteiger charge is 2.19. The number of halogens is 1. The molecule has 9 rings (SSSR count). The second-order valence-corrected chi connectivity index (χ2v) is 12.7. The van der Waals surface area contributed by atoms with E-state index in [0.717, 1.165) is 73.9 Å². The average molecular weight is 621 g/mol. The number of rotatable bonds is 4. The molecule has 1 aliphatic rings. The van der Waals surface area contributed by atoms with E-state index in [2.05, 4.69) is 140 Å². The van der Waals surface area contributed by atoms with Crippen molar-refractivity contribution in [3.8, 4) is 55.8 Å². The lowest BCUT2D eigenvalue weighted by molar-refractivity contribution is 0.928. The van der Waals surface area contributed by atoms with Crippen molar-refractivity contribution in [2.24, 2.45) is 0 Å². The third-order valence-electron chi connectivity index (χ3n) is 9.47. The molecule has 0 saturated heterocycles. The molecule has 0 radical (unpaired) electrons. The van der Waals surface area contributed by atoms with Gasteiger partial charge in [-0.05, 0) is 93.1 Å². The SMILES string of the molecule is Clc1cc(-c2ccccc2-c2cnc3c(c2)CCc2ccccc2-3)cc(-c2ccccc2-c2cnc3c(ccc4ccccc43)c2)c1. The van der Waals surface area contributed by atoms with E-state index in [9.17, 15) is 0 Å². The summed E-state index contributed by atoms with van der Waals surface area (Å²) in [6.07, 6.45) is 6.05. The van der Waals surface area contributed by atoms with Crippen LogP contribution >= 0.6 is 11.6 Å². The lowest BCUT2D eigenvalue weighted by Gasteiger charge is -2.20. The van der Waals surface area contributed by atoms with E-state index >= 15 is 0 Å². The van der Waals surface area contributed by atoms with Crippen LogP contribution in [0.1, 0.15) is 11.1 Å².